The highest BCUT2D eigenvalue weighted by atomic mass is 19.4. The van der Waals surface area contributed by atoms with E-state index in [0.717, 1.165) is 17.8 Å². The maximum absolute atomic E-state index is 12.9. The number of nitrogens with one attached hydrogen (secondary N) is 1. The van der Waals surface area contributed by atoms with Crippen molar-refractivity contribution in [2.24, 2.45) is 0 Å². The van der Waals surface area contributed by atoms with Crippen molar-refractivity contribution in [3.8, 4) is 5.75 Å². The van der Waals surface area contributed by atoms with Gasteiger partial charge in [0.05, 0.1) is 23.9 Å². The van der Waals surface area contributed by atoms with Crippen LogP contribution in [0.2, 0.25) is 0 Å². The maximum atomic E-state index is 12.9. The molecular formula is C20H19F3N2O2. The van der Waals surface area contributed by atoms with Gasteiger partial charge in [0.25, 0.3) is 0 Å². The Balaban J connectivity index is 1.83. The number of benzene rings is 1. The first-order chi connectivity index (χ1) is 12.8. The number of carbonyl (C=O) groups is 1. The average molecular weight is 376 g/mol. The normalized spacial score (nSPS) is 16.8. The van der Waals surface area contributed by atoms with Crippen molar-refractivity contribution in [2.45, 2.75) is 32.0 Å². The smallest absolute Gasteiger partial charge is 0.416 e. The quantitative estimate of drug-likeness (QED) is 0.801. The lowest BCUT2D eigenvalue weighted by molar-refractivity contribution is -0.137. The summed E-state index contributed by atoms with van der Waals surface area (Å²) < 4.78 is 44.3. The second-order valence-electron chi connectivity index (χ2n) is 6.32. The van der Waals surface area contributed by atoms with Crippen LogP contribution in [0.1, 0.15) is 42.6 Å². The molecule has 4 nitrogen and oxygen atoms in total. The molecular weight excluding hydrogens is 357 g/mol. The number of pyridine rings is 1. The molecule has 3 rings (SSSR count). The SMILES string of the molecule is CC(NC(=O)/C=C1\CCCOc2cc(C(F)(F)F)ccc21)c1ccccn1. The van der Waals surface area contributed by atoms with Gasteiger partial charge in [0.1, 0.15) is 5.75 Å². The minimum Gasteiger partial charge on any atom is -0.493 e. The highest BCUT2D eigenvalue weighted by Gasteiger charge is 2.32. The van der Waals surface area contributed by atoms with E-state index in [2.05, 4.69) is 10.3 Å². The third-order valence-electron chi connectivity index (χ3n) is 4.30. The molecule has 0 saturated carbocycles. The number of amides is 1. The molecule has 0 spiro atoms. The molecule has 1 aliphatic heterocycles. The van der Waals surface area contributed by atoms with Gasteiger partial charge in [-0.05, 0) is 49.6 Å². The Kier molecular flexibility index (Phi) is 5.48. The first kappa shape index (κ1) is 18.9. The van der Waals surface area contributed by atoms with Crippen LogP contribution in [0.3, 0.4) is 0 Å². The van der Waals surface area contributed by atoms with E-state index in [9.17, 15) is 18.0 Å². The highest BCUT2D eigenvalue weighted by molar-refractivity contribution is 5.96. The molecule has 7 heteroatoms. The zero-order valence-corrected chi connectivity index (χ0v) is 14.7. The molecule has 27 heavy (non-hydrogen) atoms. The summed E-state index contributed by atoms with van der Waals surface area (Å²) in [6.45, 7) is 2.12. The summed E-state index contributed by atoms with van der Waals surface area (Å²) in [5, 5.41) is 2.83. The summed E-state index contributed by atoms with van der Waals surface area (Å²) in [4.78, 5) is 16.6. The third kappa shape index (κ3) is 4.67. The molecule has 0 aliphatic carbocycles. The standard InChI is InChI=1S/C20H19F3N2O2/c1-13(17-6-2-3-9-24-17)25-19(26)11-14-5-4-10-27-18-12-15(20(21,22)23)7-8-16(14)18/h2-3,6-9,11-13H,4-5,10H2,1H3,(H,25,26)/b14-11+. The largest absolute Gasteiger partial charge is 0.493 e. The number of ether oxygens (including phenoxy) is 1. The fourth-order valence-corrected chi connectivity index (χ4v) is 2.93. The maximum Gasteiger partial charge on any atom is 0.416 e. The minimum atomic E-state index is -4.44. The first-order valence-corrected chi connectivity index (χ1v) is 8.61. The lowest BCUT2D eigenvalue weighted by Crippen LogP contribution is -2.25. The van der Waals surface area contributed by atoms with Gasteiger partial charge in [0, 0.05) is 17.8 Å². The summed E-state index contributed by atoms with van der Waals surface area (Å²) in [6, 6.07) is 8.51. The topological polar surface area (TPSA) is 51.2 Å². The monoisotopic (exact) mass is 376 g/mol. The van der Waals surface area contributed by atoms with Crippen LogP contribution in [0.15, 0.2) is 48.7 Å². The van der Waals surface area contributed by atoms with E-state index >= 15 is 0 Å². The Bertz CT molecular complexity index is 848. The Hall–Kier alpha value is -2.83. The van der Waals surface area contributed by atoms with E-state index < -0.39 is 11.7 Å². The molecule has 1 N–H and O–H groups in total. The highest BCUT2D eigenvalue weighted by Crippen LogP contribution is 2.38. The number of hydrogen-bond acceptors (Lipinski definition) is 3. The number of rotatable bonds is 3. The fourth-order valence-electron chi connectivity index (χ4n) is 2.93. The van der Waals surface area contributed by atoms with Gasteiger partial charge in [-0.25, -0.2) is 0 Å². The van der Waals surface area contributed by atoms with E-state index in [1.165, 1.54) is 12.1 Å². The Morgan fingerprint density at radius 3 is 2.81 bits per heavy atom. The minimum absolute atomic E-state index is 0.152. The Morgan fingerprint density at radius 1 is 1.30 bits per heavy atom. The number of fused-ring (bicyclic) bond motifs is 1. The van der Waals surface area contributed by atoms with E-state index in [1.807, 2.05) is 19.1 Å². The van der Waals surface area contributed by atoms with Gasteiger partial charge in [-0.1, -0.05) is 12.1 Å². The summed E-state index contributed by atoms with van der Waals surface area (Å²) in [7, 11) is 0. The predicted octanol–water partition coefficient (Wildman–Crippen LogP) is 4.53. The average Bonchev–Trinajstić information content (AvgIpc) is 2.83. The second-order valence-corrected chi connectivity index (χ2v) is 6.32. The van der Waals surface area contributed by atoms with Crippen LogP contribution >= 0.6 is 0 Å². The van der Waals surface area contributed by atoms with E-state index in [-0.39, 0.29) is 17.7 Å². The van der Waals surface area contributed by atoms with Crippen LogP contribution in [0.4, 0.5) is 13.2 Å². The summed E-state index contributed by atoms with van der Waals surface area (Å²) in [5.41, 5.74) is 1.13. The number of nitrogens with zero attached hydrogens (tertiary/aromatic N) is 1. The molecule has 0 fully saturated rings. The zero-order chi connectivity index (χ0) is 19.4. The Labute approximate surface area is 155 Å². The third-order valence-corrected chi connectivity index (χ3v) is 4.30. The van der Waals surface area contributed by atoms with Crippen molar-refractivity contribution in [3.05, 3.63) is 65.5 Å². The molecule has 0 radical (unpaired) electrons. The van der Waals surface area contributed by atoms with E-state index in [0.29, 0.717) is 30.6 Å². The molecule has 1 atom stereocenters. The van der Waals surface area contributed by atoms with Crippen molar-refractivity contribution in [1.29, 1.82) is 0 Å². The predicted molar refractivity (Wildman–Crippen MR) is 94.9 cm³/mol. The first-order valence-electron chi connectivity index (χ1n) is 8.61. The van der Waals surface area contributed by atoms with Gasteiger partial charge >= 0.3 is 6.18 Å². The lowest BCUT2D eigenvalue weighted by atomic mass is 9.99. The second kappa shape index (κ2) is 7.82. The van der Waals surface area contributed by atoms with E-state index in [1.54, 1.807) is 12.3 Å². The van der Waals surface area contributed by atoms with Crippen molar-refractivity contribution >= 4 is 11.5 Å². The van der Waals surface area contributed by atoms with Crippen LogP contribution in [0.25, 0.3) is 5.57 Å². The molecule has 1 amide bonds. The number of alkyl halides is 3. The molecule has 1 aliphatic rings. The molecule has 1 unspecified atom stereocenters. The van der Waals surface area contributed by atoms with E-state index in [4.69, 9.17) is 4.74 Å². The number of aromatic nitrogens is 1. The van der Waals surface area contributed by atoms with Gasteiger partial charge in [-0.15, -0.1) is 0 Å². The molecule has 1 aromatic heterocycles. The van der Waals surface area contributed by atoms with Crippen molar-refractivity contribution in [1.82, 2.24) is 10.3 Å². The van der Waals surface area contributed by atoms with Crippen LogP contribution in [-0.4, -0.2) is 17.5 Å². The van der Waals surface area contributed by atoms with Gasteiger partial charge in [0.2, 0.25) is 5.91 Å². The summed E-state index contributed by atoms with van der Waals surface area (Å²) in [6.07, 6.45) is -0.202. The zero-order valence-electron chi connectivity index (χ0n) is 14.7. The fraction of sp³-hybridized carbons (Fsp3) is 0.300. The molecule has 2 aromatic rings. The molecule has 0 saturated heterocycles. The number of allylic oxidation sites excluding steroid dienone is 1. The van der Waals surface area contributed by atoms with Gasteiger partial charge < -0.3 is 10.1 Å². The van der Waals surface area contributed by atoms with Crippen LogP contribution in [-0.2, 0) is 11.0 Å². The lowest BCUT2D eigenvalue weighted by Gasteiger charge is -2.14. The van der Waals surface area contributed by atoms with Gasteiger partial charge in [0.15, 0.2) is 0 Å². The summed E-state index contributed by atoms with van der Waals surface area (Å²) >= 11 is 0. The number of carbonyl (C=O) groups excluding carboxylic acids is 1. The molecule has 1 aromatic carbocycles. The van der Waals surface area contributed by atoms with Crippen LogP contribution in [0.5, 0.6) is 5.75 Å². The molecule has 142 valence electrons. The van der Waals surface area contributed by atoms with Gasteiger partial charge in [-0.3, -0.25) is 9.78 Å². The van der Waals surface area contributed by atoms with Crippen molar-refractivity contribution in [3.63, 3.8) is 0 Å². The molecule has 0 bridgehead atoms. The summed E-state index contributed by atoms with van der Waals surface area (Å²) in [5.74, 6) is -0.171. The molecule has 2 heterocycles. The van der Waals surface area contributed by atoms with Crippen molar-refractivity contribution in [2.75, 3.05) is 6.61 Å². The van der Waals surface area contributed by atoms with Crippen LogP contribution in [0, 0.1) is 0 Å². The van der Waals surface area contributed by atoms with Crippen LogP contribution < -0.4 is 10.1 Å². The number of hydrogen-bond donors (Lipinski definition) is 1. The Morgan fingerprint density at radius 2 is 2.11 bits per heavy atom. The van der Waals surface area contributed by atoms with Crippen molar-refractivity contribution < 1.29 is 22.7 Å². The van der Waals surface area contributed by atoms with Gasteiger partial charge in [-0.2, -0.15) is 13.2 Å². The number of halogens is 3.